The number of benzene rings is 1. The topological polar surface area (TPSA) is 102 Å². The van der Waals surface area contributed by atoms with Gasteiger partial charge in [-0.1, -0.05) is 18.2 Å². The highest BCUT2D eigenvalue weighted by atomic mass is 16.6. The van der Waals surface area contributed by atoms with Crippen molar-refractivity contribution in [3.63, 3.8) is 0 Å². The van der Waals surface area contributed by atoms with Crippen molar-refractivity contribution in [2.45, 2.75) is 45.8 Å². The van der Waals surface area contributed by atoms with Crippen LogP contribution in [0.3, 0.4) is 0 Å². The second kappa shape index (κ2) is 8.33. The summed E-state index contributed by atoms with van der Waals surface area (Å²) in [7, 11) is 0. The summed E-state index contributed by atoms with van der Waals surface area (Å²) >= 11 is 0. The van der Waals surface area contributed by atoms with Crippen molar-refractivity contribution in [1.29, 1.82) is 0 Å². The SMILES string of the molecule is CCOC(=O)c1ccccc1C[C@H](NC(=O)OC(C)(C)C)C(=O)O. The van der Waals surface area contributed by atoms with Crippen LogP contribution in [0.1, 0.15) is 43.6 Å². The Morgan fingerprint density at radius 2 is 1.83 bits per heavy atom. The van der Waals surface area contributed by atoms with E-state index in [1.165, 1.54) is 0 Å². The molecule has 24 heavy (non-hydrogen) atoms. The van der Waals surface area contributed by atoms with Gasteiger partial charge in [0, 0.05) is 6.42 Å². The predicted octanol–water partition coefficient (Wildman–Crippen LogP) is 2.38. The molecule has 1 atom stereocenters. The van der Waals surface area contributed by atoms with E-state index in [4.69, 9.17) is 9.47 Å². The van der Waals surface area contributed by atoms with Crippen LogP contribution in [0.25, 0.3) is 0 Å². The number of hydrogen-bond donors (Lipinski definition) is 2. The van der Waals surface area contributed by atoms with Crippen molar-refractivity contribution in [2.75, 3.05) is 6.61 Å². The molecule has 0 saturated heterocycles. The number of aliphatic carboxylic acids is 1. The molecule has 0 aromatic heterocycles. The van der Waals surface area contributed by atoms with E-state index in [-0.39, 0.29) is 18.6 Å². The first kappa shape index (κ1) is 19.5. The Kier molecular flexibility index (Phi) is 6.76. The Morgan fingerprint density at radius 3 is 2.38 bits per heavy atom. The van der Waals surface area contributed by atoms with E-state index >= 15 is 0 Å². The minimum absolute atomic E-state index is 0.0659. The van der Waals surface area contributed by atoms with E-state index in [2.05, 4.69) is 5.32 Å². The van der Waals surface area contributed by atoms with Gasteiger partial charge in [0.25, 0.3) is 0 Å². The lowest BCUT2D eigenvalue weighted by Gasteiger charge is -2.22. The molecule has 0 unspecified atom stereocenters. The van der Waals surface area contributed by atoms with Crippen LogP contribution in [-0.2, 0) is 20.7 Å². The third-order valence-corrected chi connectivity index (χ3v) is 2.93. The fourth-order valence-electron chi connectivity index (χ4n) is 1.98. The zero-order valence-electron chi connectivity index (χ0n) is 14.3. The summed E-state index contributed by atoms with van der Waals surface area (Å²) in [6.07, 6.45) is -0.896. The third kappa shape index (κ3) is 6.28. The number of carboxylic acids is 1. The van der Waals surface area contributed by atoms with Gasteiger partial charge in [-0.2, -0.15) is 0 Å². The summed E-state index contributed by atoms with van der Waals surface area (Å²) in [4.78, 5) is 35.2. The second-order valence-corrected chi connectivity index (χ2v) is 6.12. The second-order valence-electron chi connectivity index (χ2n) is 6.12. The molecule has 0 aliphatic carbocycles. The quantitative estimate of drug-likeness (QED) is 0.773. The molecule has 0 radical (unpaired) electrons. The first-order chi connectivity index (χ1) is 11.1. The first-order valence-corrected chi connectivity index (χ1v) is 7.61. The number of esters is 1. The highest BCUT2D eigenvalue weighted by Gasteiger charge is 2.26. The van der Waals surface area contributed by atoms with E-state index in [9.17, 15) is 19.5 Å². The maximum absolute atomic E-state index is 11.9. The summed E-state index contributed by atoms with van der Waals surface area (Å²) in [6, 6.07) is 5.30. The molecule has 1 aromatic rings. The van der Waals surface area contributed by atoms with Gasteiger partial charge < -0.3 is 19.9 Å². The van der Waals surface area contributed by atoms with E-state index in [1.807, 2.05) is 0 Å². The number of hydrogen-bond acceptors (Lipinski definition) is 5. The van der Waals surface area contributed by atoms with E-state index in [0.717, 1.165) is 0 Å². The van der Waals surface area contributed by atoms with Crippen LogP contribution >= 0.6 is 0 Å². The molecule has 0 spiro atoms. The molecule has 7 heteroatoms. The maximum Gasteiger partial charge on any atom is 0.408 e. The highest BCUT2D eigenvalue weighted by molar-refractivity contribution is 5.91. The Hall–Kier alpha value is -2.57. The minimum Gasteiger partial charge on any atom is -0.480 e. The van der Waals surface area contributed by atoms with Crippen LogP contribution in [0.2, 0.25) is 0 Å². The Balaban J connectivity index is 2.92. The molecule has 0 heterocycles. The maximum atomic E-state index is 11.9. The van der Waals surface area contributed by atoms with Crippen LogP contribution in [0, 0.1) is 0 Å². The molecule has 0 bridgehead atoms. The molecule has 2 N–H and O–H groups in total. The number of carbonyl (C=O) groups excluding carboxylic acids is 2. The molecular formula is C17H23NO6. The van der Waals surface area contributed by atoms with Gasteiger partial charge in [-0.25, -0.2) is 14.4 Å². The van der Waals surface area contributed by atoms with Gasteiger partial charge in [-0.3, -0.25) is 0 Å². The van der Waals surface area contributed by atoms with Crippen LogP contribution in [0.5, 0.6) is 0 Å². The van der Waals surface area contributed by atoms with Crippen LogP contribution in [-0.4, -0.2) is 41.4 Å². The summed E-state index contributed by atoms with van der Waals surface area (Å²) in [6.45, 7) is 6.94. The third-order valence-electron chi connectivity index (χ3n) is 2.93. The minimum atomic E-state index is -1.23. The van der Waals surface area contributed by atoms with Crippen LogP contribution in [0.15, 0.2) is 24.3 Å². The molecule has 0 aliphatic heterocycles. The number of amides is 1. The largest absolute Gasteiger partial charge is 0.480 e. The first-order valence-electron chi connectivity index (χ1n) is 7.61. The average molecular weight is 337 g/mol. The van der Waals surface area contributed by atoms with Crippen molar-refractivity contribution in [3.8, 4) is 0 Å². The summed E-state index contributed by atoms with van der Waals surface area (Å²) in [5, 5.41) is 11.6. The molecule has 7 nitrogen and oxygen atoms in total. The van der Waals surface area contributed by atoms with Crippen molar-refractivity contribution in [3.05, 3.63) is 35.4 Å². The van der Waals surface area contributed by atoms with Crippen molar-refractivity contribution >= 4 is 18.0 Å². The standard InChI is InChI=1S/C17H23NO6/c1-5-23-15(21)12-9-7-6-8-11(12)10-13(14(19)20)18-16(22)24-17(2,3)4/h6-9,13H,5,10H2,1-4H3,(H,18,22)(H,19,20)/t13-/m0/s1. The van der Waals surface area contributed by atoms with Gasteiger partial charge in [-0.05, 0) is 39.3 Å². The smallest absolute Gasteiger partial charge is 0.408 e. The molecule has 1 aromatic carbocycles. The zero-order chi connectivity index (χ0) is 18.3. The highest BCUT2D eigenvalue weighted by Crippen LogP contribution is 2.14. The number of carbonyl (C=O) groups is 3. The number of ether oxygens (including phenoxy) is 2. The Morgan fingerprint density at radius 1 is 1.21 bits per heavy atom. The number of rotatable bonds is 6. The monoisotopic (exact) mass is 337 g/mol. The lowest BCUT2D eigenvalue weighted by atomic mass is 10.0. The Bertz CT molecular complexity index is 605. The predicted molar refractivity (Wildman–Crippen MR) is 86.9 cm³/mol. The normalized spacial score (nSPS) is 12.2. The van der Waals surface area contributed by atoms with Gasteiger partial charge in [0.15, 0.2) is 0 Å². The van der Waals surface area contributed by atoms with Crippen molar-refractivity contribution in [1.82, 2.24) is 5.32 Å². The summed E-state index contributed by atoms with van der Waals surface area (Å²) < 4.78 is 10.0. The van der Waals surface area contributed by atoms with Gasteiger partial charge >= 0.3 is 18.0 Å². The fraction of sp³-hybridized carbons (Fsp3) is 0.471. The molecule has 1 rings (SSSR count). The van der Waals surface area contributed by atoms with Crippen LogP contribution < -0.4 is 5.32 Å². The van der Waals surface area contributed by atoms with Gasteiger partial charge in [0.2, 0.25) is 0 Å². The lowest BCUT2D eigenvalue weighted by molar-refractivity contribution is -0.139. The summed E-state index contributed by atoms with van der Waals surface area (Å²) in [5.74, 6) is -1.76. The number of nitrogens with one attached hydrogen (secondary N) is 1. The molecule has 1 amide bonds. The van der Waals surface area contributed by atoms with Crippen LogP contribution in [0.4, 0.5) is 4.79 Å². The van der Waals surface area contributed by atoms with E-state index < -0.39 is 29.7 Å². The molecule has 0 aliphatic rings. The average Bonchev–Trinajstić information content (AvgIpc) is 2.45. The number of alkyl carbamates (subject to hydrolysis) is 1. The van der Waals surface area contributed by atoms with Crippen molar-refractivity contribution in [2.24, 2.45) is 0 Å². The fourth-order valence-corrected chi connectivity index (χ4v) is 1.98. The van der Waals surface area contributed by atoms with E-state index in [0.29, 0.717) is 5.56 Å². The lowest BCUT2D eigenvalue weighted by Crippen LogP contribution is -2.44. The van der Waals surface area contributed by atoms with Gasteiger partial charge in [0.05, 0.1) is 12.2 Å². The zero-order valence-corrected chi connectivity index (χ0v) is 14.3. The summed E-state index contributed by atoms with van der Waals surface area (Å²) in [5.41, 5.74) is 0.00619. The molecule has 132 valence electrons. The number of carboxylic acid groups (broad SMARTS) is 1. The Labute approximate surface area is 141 Å². The van der Waals surface area contributed by atoms with Gasteiger partial charge in [0.1, 0.15) is 11.6 Å². The van der Waals surface area contributed by atoms with Gasteiger partial charge in [-0.15, -0.1) is 0 Å². The molecule has 0 saturated carbocycles. The molecule has 0 fully saturated rings. The van der Waals surface area contributed by atoms with E-state index in [1.54, 1.807) is 52.0 Å². The molecular weight excluding hydrogens is 314 g/mol. The van der Waals surface area contributed by atoms with Crippen molar-refractivity contribution < 1.29 is 29.0 Å².